The summed E-state index contributed by atoms with van der Waals surface area (Å²) in [4.78, 5) is 32.4. The average molecular weight is 662 g/mol. The van der Waals surface area contributed by atoms with Crippen LogP contribution in [-0.2, 0) is 20.7 Å². The van der Waals surface area contributed by atoms with Crippen LogP contribution >= 0.6 is 35.0 Å². The summed E-state index contributed by atoms with van der Waals surface area (Å²) in [5.41, 5.74) is 0.489. The molecule has 1 aliphatic carbocycles. The highest BCUT2D eigenvalue weighted by atomic mass is 35.5. The zero-order chi connectivity index (χ0) is 32.1. The van der Waals surface area contributed by atoms with Crippen LogP contribution in [0.25, 0.3) is 0 Å². The number of hydrogen-bond acceptors (Lipinski definition) is 6. The van der Waals surface area contributed by atoms with Gasteiger partial charge < -0.3 is 14.4 Å². The maximum Gasteiger partial charge on any atom is 0.339 e. The number of rotatable bonds is 8. The first-order valence-electron chi connectivity index (χ1n) is 14.6. The highest BCUT2D eigenvalue weighted by Gasteiger charge is 2.51. The van der Waals surface area contributed by atoms with Gasteiger partial charge in [0.25, 0.3) is 5.91 Å². The molecule has 1 saturated heterocycles. The van der Waals surface area contributed by atoms with E-state index >= 15 is 0 Å². The zero-order valence-corrected chi connectivity index (χ0v) is 28.0. The van der Waals surface area contributed by atoms with Crippen molar-refractivity contribution < 1.29 is 23.5 Å². The van der Waals surface area contributed by atoms with Gasteiger partial charge in [0.05, 0.1) is 30.3 Å². The summed E-state index contributed by atoms with van der Waals surface area (Å²) >= 11 is 13.3. The second-order valence-electron chi connectivity index (χ2n) is 12.3. The molecule has 0 spiro atoms. The molecule has 1 aromatic heterocycles. The Morgan fingerprint density at radius 2 is 1.86 bits per heavy atom. The molecule has 236 valence electrons. The van der Waals surface area contributed by atoms with Gasteiger partial charge in [0.1, 0.15) is 11.4 Å². The van der Waals surface area contributed by atoms with E-state index in [1.165, 1.54) is 25.4 Å². The second-order valence-corrected chi connectivity index (χ2v) is 15.0. The predicted octanol–water partition coefficient (Wildman–Crippen LogP) is 8.21. The van der Waals surface area contributed by atoms with Gasteiger partial charge in [-0.2, -0.15) is 11.8 Å². The van der Waals surface area contributed by atoms with Gasteiger partial charge in [-0.1, -0.05) is 68.2 Å². The van der Waals surface area contributed by atoms with Crippen LogP contribution in [0.3, 0.4) is 0 Å². The smallest absolute Gasteiger partial charge is 0.339 e. The molecule has 44 heavy (non-hydrogen) atoms. The van der Waals surface area contributed by atoms with Crippen LogP contribution in [0.15, 0.2) is 66.9 Å². The molecule has 2 fully saturated rings. The number of pyridine rings is 1. The van der Waals surface area contributed by atoms with Crippen LogP contribution in [0, 0.1) is 11.7 Å². The number of nitrogens with zero attached hydrogens (tertiary/aromatic N) is 2. The molecule has 0 N–H and O–H groups in total. The van der Waals surface area contributed by atoms with Crippen molar-refractivity contribution in [3.63, 3.8) is 0 Å². The predicted molar refractivity (Wildman–Crippen MR) is 175 cm³/mol. The summed E-state index contributed by atoms with van der Waals surface area (Å²) < 4.78 is 25.5. The Kier molecular flexibility index (Phi) is 11.4. The maximum absolute atomic E-state index is 14.5. The molecule has 2 heterocycles. The number of carbonyl (C=O) groups is 2. The molecule has 6 nitrogen and oxygen atoms in total. The number of ether oxygens (including phenoxy) is 2. The van der Waals surface area contributed by atoms with Crippen molar-refractivity contribution in [1.29, 1.82) is 0 Å². The molecule has 3 atom stereocenters. The van der Waals surface area contributed by atoms with Gasteiger partial charge in [0, 0.05) is 39.9 Å². The lowest BCUT2D eigenvalue weighted by Crippen LogP contribution is -2.61. The Hall–Kier alpha value is -2.65. The molecule has 5 rings (SSSR count). The third kappa shape index (κ3) is 8.96. The number of halogens is 3. The van der Waals surface area contributed by atoms with Gasteiger partial charge in [0.2, 0.25) is 0 Å². The quantitative estimate of drug-likeness (QED) is 0.227. The number of thioether (sulfide) groups is 1. The lowest BCUT2D eigenvalue weighted by atomic mass is 9.90. The second kappa shape index (κ2) is 14.6. The molecule has 1 amide bonds. The summed E-state index contributed by atoms with van der Waals surface area (Å²) in [5.74, 6) is 0.0711. The van der Waals surface area contributed by atoms with E-state index in [1.807, 2.05) is 47.0 Å². The van der Waals surface area contributed by atoms with Crippen molar-refractivity contribution >= 4 is 46.8 Å². The monoisotopic (exact) mass is 660 g/mol. The summed E-state index contributed by atoms with van der Waals surface area (Å²) in [5, 5.41) is 0.842. The molecule has 3 aromatic rings. The maximum atomic E-state index is 14.5. The Balaban J connectivity index is 0.000000555. The van der Waals surface area contributed by atoms with Crippen molar-refractivity contribution in [2.75, 3.05) is 19.5 Å². The Morgan fingerprint density at radius 3 is 2.39 bits per heavy atom. The average Bonchev–Trinajstić information content (AvgIpc) is 3.83. The van der Waals surface area contributed by atoms with Crippen LogP contribution in [0.5, 0.6) is 0 Å². The normalized spacial score (nSPS) is 20.9. The number of carbonyl (C=O) groups excluding carboxylic acids is 2. The molecule has 1 saturated carbocycles. The molecule has 10 heteroatoms. The third-order valence-electron chi connectivity index (χ3n) is 7.62. The minimum atomic E-state index is -1.15. The van der Waals surface area contributed by atoms with E-state index < -0.39 is 23.4 Å². The minimum Gasteiger partial charge on any atom is -0.465 e. The molecule has 1 aliphatic heterocycles. The van der Waals surface area contributed by atoms with Crippen LogP contribution in [0.1, 0.15) is 68.2 Å². The first kappa shape index (κ1) is 34.2. The number of methoxy groups -OCH3 is 1. The van der Waals surface area contributed by atoms with Gasteiger partial charge >= 0.3 is 5.97 Å². The van der Waals surface area contributed by atoms with Crippen molar-refractivity contribution in [2.45, 2.75) is 69.4 Å². The molecule has 0 bridgehead atoms. The summed E-state index contributed by atoms with van der Waals surface area (Å²) in [6.07, 6.45) is 3.82. The molecule has 0 radical (unpaired) electrons. The zero-order valence-electron chi connectivity index (χ0n) is 25.7. The Labute approximate surface area is 273 Å². The number of morpholine rings is 1. The van der Waals surface area contributed by atoms with E-state index in [9.17, 15) is 14.0 Å². The van der Waals surface area contributed by atoms with Crippen molar-refractivity contribution in [3.05, 3.63) is 99.5 Å². The van der Waals surface area contributed by atoms with Crippen molar-refractivity contribution in [2.24, 2.45) is 5.92 Å². The molecule has 2 aromatic carbocycles. The topological polar surface area (TPSA) is 68.7 Å². The van der Waals surface area contributed by atoms with Crippen LogP contribution < -0.4 is 0 Å². The highest BCUT2D eigenvalue weighted by Crippen LogP contribution is 2.45. The summed E-state index contributed by atoms with van der Waals surface area (Å²) in [7, 11) is 1.32. The number of esters is 1. The number of amides is 1. The first-order chi connectivity index (χ1) is 20.8. The summed E-state index contributed by atoms with van der Waals surface area (Å²) in [6, 6.07) is 17.1. The van der Waals surface area contributed by atoms with Crippen molar-refractivity contribution in [3.8, 4) is 0 Å². The van der Waals surface area contributed by atoms with Crippen LogP contribution in [-0.4, -0.2) is 57.6 Å². The van der Waals surface area contributed by atoms with Crippen LogP contribution in [0.4, 0.5) is 4.39 Å². The lowest BCUT2D eigenvalue weighted by molar-refractivity contribution is -0.182. The van der Waals surface area contributed by atoms with Gasteiger partial charge in [-0.15, -0.1) is 0 Å². The fourth-order valence-corrected chi connectivity index (χ4v) is 6.46. The van der Waals surface area contributed by atoms with E-state index in [2.05, 4.69) is 25.8 Å². The fourth-order valence-electron chi connectivity index (χ4n) is 5.09. The minimum absolute atomic E-state index is 0.00153. The lowest BCUT2D eigenvalue weighted by Gasteiger charge is -2.48. The van der Waals surface area contributed by atoms with E-state index in [0.717, 1.165) is 23.6 Å². The molecular formula is C34H39Cl2FN2O4S. The molecule has 2 aliphatic rings. The largest absolute Gasteiger partial charge is 0.465 e. The third-order valence-corrected chi connectivity index (χ3v) is 9.55. The van der Waals surface area contributed by atoms with Crippen molar-refractivity contribution in [1.82, 2.24) is 9.88 Å². The van der Waals surface area contributed by atoms with Gasteiger partial charge in [-0.05, 0) is 67.6 Å². The fraction of sp³-hybridized carbons (Fsp3) is 0.441. The van der Waals surface area contributed by atoms with Gasteiger partial charge in [-0.25, -0.2) is 9.18 Å². The SMILES string of the molecule is COC(=O)c1ccc(C[C@@]2(C)OC[C@@H](c3ccc(Cl)c(F)c3)N(C(CSC(C)(C)C)C3CC3)C2=O)nc1.Clc1ccccc1. The van der Waals surface area contributed by atoms with E-state index in [-0.39, 0.29) is 34.7 Å². The highest BCUT2D eigenvalue weighted by molar-refractivity contribution is 8.00. The Bertz CT molecular complexity index is 1430. The number of hydrogen-bond donors (Lipinski definition) is 0. The molecule has 1 unspecified atom stereocenters. The standard InChI is InChI=1S/C28H34ClFN2O4S.C6H5Cl/c1-27(2,3)37-16-24(17-6-7-17)32-23(18-9-11-21(29)22(30)12-18)15-36-28(4,26(32)34)13-20-10-8-19(14-31-20)25(33)35-5;7-6-4-2-1-3-5-6/h8-12,14,17,23-24H,6-7,13,15-16H2,1-5H3;1-5H/t23-,24?,28+;/m0./s1. The molecular weight excluding hydrogens is 622 g/mol. The van der Waals surface area contributed by atoms with Gasteiger partial charge in [-0.3, -0.25) is 9.78 Å². The number of benzene rings is 2. The van der Waals surface area contributed by atoms with E-state index in [4.69, 9.17) is 32.7 Å². The first-order valence-corrected chi connectivity index (χ1v) is 16.3. The Morgan fingerprint density at radius 1 is 1.16 bits per heavy atom. The summed E-state index contributed by atoms with van der Waals surface area (Å²) in [6.45, 7) is 8.53. The van der Waals surface area contributed by atoms with Gasteiger partial charge in [0.15, 0.2) is 0 Å². The van der Waals surface area contributed by atoms with E-state index in [0.29, 0.717) is 22.7 Å². The van der Waals surface area contributed by atoms with E-state index in [1.54, 1.807) is 25.1 Å². The number of aromatic nitrogens is 1. The van der Waals surface area contributed by atoms with Crippen LogP contribution in [0.2, 0.25) is 10.0 Å².